The Kier molecular flexibility index (Phi) is 4.66. The summed E-state index contributed by atoms with van der Waals surface area (Å²) >= 11 is 0. The van der Waals surface area contributed by atoms with E-state index in [1.54, 1.807) is 0 Å². The van der Waals surface area contributed by atoms with Crippen LogP contribution >= 0.6 is 0 Å². The third-order valence-corrected chi connectivity index (χ3v) is 4.21. The molecular weight excluding hydrogens is 256 g/mol. The standard InChI is InChI=1S/C19H24N2/c1-2-14-20-19(16-9-4-3-5-10-16)18-13-12-15-8-6-7-11-17(15)21-18/h6-9,11-13,19-20H,2-5,10,14H2,1H3. The lowest BCUT2D eigenvalue weighted by Crippen LogP contribution is -2.25. The van der Waals surface area contributed by atoms with Gasteiger partial charge in [-0.2, -0.15) is 0 Å². The van der Waals surface area contributed by atoms with Gasteiger partial charge in [-0.3, -0.25) is 4.98 Å². The predicted octanol–water partition coefficient (Wildman–Crippen LogP) is 4.78. The van der Waals surface area contributed by atoms with Gasteiger partial charge >= 0.3 is 0 Å². The Morgan fingerprint density at radius 3 is 2.86 bits per heavy atom. The molecule has 0 saturated carbocycles. The maximum Gasteiger partial charge on any atom is 0.0711 e. The number of aromatic nitrogens is 1. The Morgan fingerprint density at radius 1 is 1.14 bits per heavy atom. The summed E-state index contributed by atoms with van der Waals surface area (Å²) in [5.41, 5.74) is 3.78. The molecular formula is C19H24N2. The molecule has 1 heterocycles. The number of hydrogen-bond acceptors (Lipinski definition) is 2. The number of pyridine rings is 1. The molecule has 0 spiro atoms. The van der Waals surface area contributed by atoms with E-state index in [4.69, 9.17) is 4.98 Å². The fourth-order valence-corrected chi connectivity index (χ4v) is 3.08. The zero-order chi connectivity index (χ0) is 14.5. The summed E-state index contributed by atoms with van der Waals surface area (Å²) in [5, 5.41) is 4.91. The number of para-hydroxylation sites is 1. The largest absolute Gasteiger partial charge is 0.305 e. The van der Waals surface area contributed by atoms with E-state index in [1.165, 1.54) is 36.6 Å². The molecule has 2 heteroatoms. The van der Waals surface area contributed by atoms with Crippen molar-refractivity contribution in [2.75, 3.05) is 6.54 Å². The van der Waals surface area contributed by atoms with Crippen molar-refractivity contribution in [2.45, 2.75) is 45.1 Å². The molecule has 0 saturated heterocycles. The second kappa shape index (κ2) is 6.86. The van der Waals surface area contributed by atoms with Crippen molar-refractivity contribution in [2.24, 2.45) is 0 Å². The Balaban J connectivity index is 1.94. The van der Waals surface area contributed by atoms with Crippen LogP contribution in [0.5, 0.6) is 0 Å². The summed E-state index contributed by atoms with van der Waals surface area (Å²) in [5.74, 6) is 0. The molecule has 2 nitrogen and oxygen atoms in total. The third-order valence-electron chi connectivity index (χ3n) is 4.21. The van der Waals surface area contributed by atoms with E-state index in [-0.39, 0.29) is 6.04 Å². The van der Waals surface area contributed by atoms with Gasteiger partial charge in [0.2, 0.25) is 0 Å². The first kappa shape index (κ1) is 14.3. The summed E-state index contributed by atoms with van der Waals surface area (Å²) in [6, 6.07) is 13.0. The van der Waals surface area contributed by atoms with Crippen LogP contribution in [0.1, 0.15) is 50.8 Å². The summed E-state index contributed by atoms with van der Waals surface area (Å²) in [6.45, 7) is 3.25. The van der Waals surface area contributed by atoms with Crippen molar-refractivity contribution in [3.05, 3.63) is 53.7 Å². The SMILES string of the molecule is CCCNC(C1=CCCCC1)c1ccc2ccccc2n1. The predicted molar refractivity (Wildman–Crippen MR) is 89.3 cm³/mol. The molecule has 3 rings (SSSR count). The Labute approximate surface area is 127 Å². The maximum atomic E-state index is 4.90. The Bertz CT molecular complexity index is 630. The lowest BCUT2D eigenvalue weighted by Gasteiger charge is -2.24. The molecule has 2 aromatic rings. The van der Waals surface area contributed by atoms with Crippen LogP contribution in [0.3, 0.4) is 0 Å². The molecule has 1 unspecified atom stereocenters. The number of rotatable bonds is 5. The molecule has 1 aliphatic rings. The van der Waals surface area contributed by atoms with E-state index in [2.05, 4.69) is 54.7 Å². The second-order valence-corrected chi connectivity index (χ2v) is 5.84. The Hall–Kier alpha value is -1.67. The first-order chi connectivity index (χ1) is 10.4. The Morgan fingerprint density at radius 2 is 2.05 bits per heavy atom. The van der Waals surface area contributed by atoms with Gasteiger partial charge in [-0.05, 0) is 50.8 Å². The summed E-state index contributed by atoms with van der Waals surface area (Å²) in [6.07, 6.45) is 8.63. The van der Waals surface area contributed by atoms with E-state index >= 15 is 0 Å². The van der Waals surface area contributed by atoms with Gasteiger partial charge in [-0.1, -0.05) is 42.8 Å². The van der Waals surface area contributed by atoms with Gasteiger partial charge in [0.05, 0.1) is 17.3 Å². The third kappa shape index (κ3) is 3.33. The minimum Gasteiger partial charge on any atom is -0.305 e. The normalized spacial score (nSPS) is 16.7. The molecule has 0 amide bonds. The molecule has 21 heavy (non-hydrogen) atoms. The van der Waals surface area contributed by atoms with Crippen LogP contribution in [-0.4, -0.2) is 11.5 Å². The molecule has 0 aliphatic heterocycles. The van der Waals surface area contributed by atoms with Gasteiger partial charge < -0.3 is 5.32 Å². The second-order valence-electron chi connectivity index (χ2n) is 5.84. The molecule has 1 aliphatic carbocycles. The van der Waals surface area contributed by atoms with E-state index in [9.17, 15) is 0 Å². The van der Waals surface area contributed by atoms with Crippen LogP contribution in [0.2, 0.25) is 0 Å². The topological polar surface area (TPSA) is 24.9 Å². The number of benzene rings is 1. The first-order valence-electron chi connectivity index (χ1n) is 8.16. The van der Waals surface area contributed by atoms with Gasteiger partial charge in [-0.25, -0.2) is 0 Å². The molecule has 1 N–H and O–H groups in total. The highest BCUT2D eigenvalue weighted by molar-refractivity contribution is 5.78. The zero-order valence-electron chi connectivity index (χ0n) is 12.8. The van der Waals surface area contributed by atoms with Gasteiger partial charge in [-0.15, -0.1) is 0 Å². The van der Waals surface area contributed by atoms with Crippen LogP contribution in [0.25, 0.3) is 10.9 Å². The fraction of sp³-hybridized carbons (Fsp3) is 0.421. The van der Waals surface area contributed by atoms with Crippen LogP contribution in [0.15, 0.2) is 48.0 Å². The van der Waals surface area contributed by atoms with Crippen molar-refractivity contribution >= 4 is 10.9 Å². The fourth-order valence-electron chi connectivity index (χ4n) is 3.08. The van der Waals surface area contributed by atoms with E-state index in [0.29, 0.717) is 0 Å². The highest BCUT2D eigenvalue weighted by Crippen LogP contribution is 2.29. The smallest absolute Gasteiger partial charge is 0.0711 e. The van der Waals surface area contributed by atoms with E-state index in [0.717, 1.165) is 24.2 Å². The minimum atomic E-state index is 0.287. The number of nitrogens with zero attached hydrogens (tertiary/aromatic N) is 1. The van der Waals surface area contributed by atoms with Crippen LogP contribution in [0.4, 0.5) is 0 Å². The quantitative estimate of drug-likeness (QED) is 0.798. The molecule has 1 aromatic carbocycles. The molecule has 0 bridgehead atoms. The van der Waals surface area contributed by atoms with Gasteiger partial charge in [0.15, 0.2) is 0 Å². The number of nitrogens with one attached hydrogen (secondary N) is 1. The zero-order valence-corrected chi connectivity index (χ0v) is 12.8. The lowest BCUT2D eigenvalue weighted by molar-refractivity contribution is 0.538. The number of hydrogen-bond donors (Lipinski definition) is 1. The lowest BCUT2D eigenvalue weighted by atomic mass is 9.91. The summed E-state index contributed by atoms with van der Waals surface area (Å²) in [7, 11) is 0. The summed E-state index contributed by atoms with van der Waals surface area (Å²) in [4.78, 5) is 4.90. The van der Waals surface area contributed by atoms with Crippen LogP contribution in [-0.2, 0) is 0 Å². The number of allylic oxidation sites excluding steroid dienone is 1. The molecule has 0 radical (unpaired) electrons. The number of fused-ring (bicyclic) bond motifs is 1. The summed E-state index contributed by atoms with van der Waals surface area (Å²) < 4.78 is 0. The maximum absolute atomic E-state index is 4.90. The van der Waals surface area contributed by atoms with Crippen molar-refractivity contribution in [3.63, 3.8) is 0 Å². The minimum absolute atomic E-state index is 0.287. The first-order valence-corrected chi connectivity index (χ1v) is 8.16. The molecule has 110 valence electrons. The van der Waals surface area contributed by atoms with Gasteiger partial charge in [0, 0.05) is 5.39 Å². The molecule has 1 aromatic heterocycles. The van der Waals surface area contributed by atoms with Gasteiger partial charge in [0.1, 0.15) is 0 Å². The van der Waals surface area contributed by atoms with Gasteiger partial charge in [0.25, 0.3) is 0 Å². The van der Waals surface area contributed by atoms with Crippen molar-refractivity contribution in [1.82, 2.24) is 10.3 Å². The van der Waals surface area contributed by atoms with Crippen LogP contribution < -0.4 is 5.32 Å². The molecule has 1 atom stereocenters. The van der Waals surface area contributed by atoms with Crippen molar-refractivity contribution < 1.29 is 0 Å². The highest BCUT2D eigenvalue weighted by Gasteiger charge is 2.19. The average molecular weight is 280 g/mol. The van der Waals surface area contributed by atoms with Crippen molar-refractivity contribution in [3.8, 4) is 0 Å². The van der Waals surface area contributed by atoms with E-state index in [1.807, 2.05) is 0 Å². The highest BCUT2D eigenvalue weighted by atomic mass is 14.9. The van der Waals surface area contributed by atoms with Crippen LogP contribution in [0, 0.1) is 0 Å². The average Bonchev–Trinajstić information content (AvgIpc) is 2.56. The molecule has 0 fully saturated rings. The van der Waals surface area contributed by atoms with Crippen molar-refractivity contribution in [1.29, 1.82) is 0 Å². The monoisotopic (exact) mass is 280 g/mol. The van der Waals surface area contributed by atoms with E-state index < -0.39 is 0 Å².